The molecule has 0 aliphatic rings. The molecule has 3 heteroatoms. The molecule has 1 unspecified atom stereocenters. The minimum atomic E-state index is 0.00675. The van der Waals surface area contributed by atoms with Crippen molar-refractivity contribution in [2.75, 3.05) is 6.61 Å². The van der Waals surface area contributed by atoms with E-state index >= 15 is 0 Å². The van der Waals surface area contributed by atoms with E-state index < -0.39 is 0 Å². The molecule has 88 valence electrons. The maximum atomic E-state index is 5.38. The van der Waals surface area contributed by atoms with Crippen LogP contribution in [-0.2, 0) is 4.74 Å². The summed E-state index contributed by atoms with van der Waals surface area (Å²) >= 11 is 3.49. The molecule has 2 aromatic heterocycles. The van der Waals surface area contributed by atoms with Gasteiger partial charge in [0.25, 0.3) is 0 Å². The fourth-order valence-corrected chi connectivity index (χ4v) is 3.12. The van der Waals surface area contributed by atoms with Gasteiger partial charge in [0.1, 0.15) is 6.10 Å². The van der Waals surface area contributed by atoms with Crippen LogP contribution in [0.4, 0.5) is 0 Å². The molecular weight excluding hydrogens is 248 g/mol. The smallest absolute Gasteiger partial charge is 0.115 e. The number of ether oxygens (including phenoxy) is 1. The lowest BCUT2D eigenvalue weighted by molar-refractivity contribution is 0.116. The maximum Gasteiger partial charge on any atom is 0.115 e. The molecule has 0 aliphatic carbocycles. The highest BCUT2D eigenvalue weighted by Gasteiger charge is 2.02. The number of thiophene rings is 2. The van der Waals surface area contributed by atoms with Gasteiger partial charge >= 0.3 is 0 Å². The lowest BCUT2D eigenvalue weighted by Crippen LogP contribution is -2.03. The van der Waals surface area contributed by atoms with Crippen LogP contribution in [0, 0.1) is 11.8 Å². The first-order chi connectivity index (χ1) is 8.29. The van der Waals surface area contributed by atoms with Gasteiger partial charge in [-0.25, -0.2) is 0 Å². The fourth-order valence-electron chi connectivity index (χ4n) is 1.42. The van der Waals surface area contributed by atoms with E-state index in [4.69, 9.17) is 4.74 Å². The largest absolute Gasteiger partial charge is 0.366 e. The third kappa shape index (κ3) is 3.44. The third-order valence-corrected chi connectivity index (χ3v) is 4.25. The Hall–Kier alpha value is -1.08. The Morgan fingerprint density at radius 1 is 1.29 bits per heavy atom. The van der Waals surface area contributed by atoms with E-state index in [1.807, 2.05) is 13.8 Å². The lowest BCUT2D eigenvalue weighted by Gasteiger charge is -2.00. The highest BCUT2D eigenvalue weighted by Crippen LogP contribution is 2.30. The van der Waals surface area contributed by atoms with Gasteiger partial charge in [-0.2, -0.15) is 0 Å². The van der Waals surface area contributed by atoms with E-state index in [0.717, 1.165) is 4.88 Å². The summed E-state index contributed by atoms with van der Waals surface area (Å²) in [7, 11) is 0. The van der Waals surface area contributed by atoms with Gasteiger partial charge in [0.2, 0.25) is 0 Å². The minimum absolute atomic E-state index is 0.00675. The number of hydrogen-bond donors (Lipinski definition) is 0. The van der Waals surface area contributed by atoms with Crippen molar-refractivity contribution in [1.82, 2.24) is 0 Å². The van der Waals surface area contributed by atoms with Crippen molar-refractivity contribution in [3.05, 3.63) is 34.5 Å². The van der Waals surface area contributed by atoms with E-state index in [1.165, 1.54) is 9.75 Å². The summed E-state index contributed by atoms with van der Waals surface area (Å²) in [6.45, 7) is 4.67. The Balaban J connectivity index is 2.09. The first-order valence-electron chi connectivity index (χ1n) is 5.56. The molecule has 2 aromatic rings. The van der Waals surface area contributed by atoms with Crippen LogP contribution in [0.3, 0.4) is 0 Å². The Labute approximate surface area is 110 Å². The first kappa shape index (κ1) is 12.4. The molecule has 0 saturated carbocycles. The van der Waals surface area contributed by atoms with Crippen LogP contribution < -0.4 is 0 Å². The van der Waals surface area contributed by atoms with Crippen LogP contribution in [-0.4, -0.2) is 12.7 Å². The van der Waals surface area contributed by atoms with E-state index in [-0.39, 0.29) is 6.10 Å². The topological polar surface area (TPSA) is 9.23 Å². The zero-order valence-electron chi connectivity index (χ0n) is 9.90. The molecule has 1 atom stereocenters. The van der Waals surface area contributed by atoms with Crippen molar-refractivity contribution in [3.63, 3.8) is 0 Å². The predicted molar refractivity (Wildman–Crippen MR) is 75.6 cm³/mol. The van der Waals surface area contributed by atoms with Crippen LogP contribution in [0.15, 0.2) is 29.6 Å². The quantitative estimate of drug-likeness (QED) is 0.751. The van der Waals surface area contributed by atoms with Crippen molar-refractivity contribution >= 4 is 22.7 Å². The minimum Gasteiger partial charge on any atom is -0.366 e. The first-order valence-corrected chi connectivity index (χ1v) is 7.26. The van der Waals surface area contributed by atoms with Crippen molar-refractivity contribution in [3.8, 4) is 21.6 Å². The molecule has 2 heterocycles. The SMILES string of the molecule is CCOC(C)C#Cc1ccc(-c2cccs2)s1. The third-order valence-electron chi connectivity index (χ3n) is 2.19. The molecule has 17 heavy (non-hydrogen) atoms. The molecule has 2 rings (SSSR count). The standard InChI is InChI=1S/C14H14OS2/c1-3-15-11(2)6-7-12-8-9-14(17-12)13-5-4-10-16-13/h4-5,8-11H,3H2,1-2H3. The molecule has 1 nitrogen and oxygen atoms in total. The monoisotopic (exact) mass is 262 g/mol. The van der Waals surface area contributed by atoms with Gasteiger partial charge in [-0.05, 0) is 37.4 Å². The normalized spacial score (nSPS) is 11.9. The van der Waals surface area contributed by atoms with Crippen LogP contribution in [0.1, 0.15) is 18.7 Å². The highest BCUT2D eigenvalue weighted by atomic mass is 32.1. The Kier molecular flexibility index (Phi) is 4.38. The fraction of sp³-hybridized carbons (Fsp3) is 0.286. The number of rotatable bonds is 3. The van der Waals surface area contributed by atoms with Crippen LogP contribution >= 0.6 is 22.7 Å². The van der Waals surface area contributed by atoms with Gasteiger partial charge in [0.05, 0.1) is 4.88 Å². The van der Waals surface area contributed by atoms with E-state index in [9.17, 15) is 0 Å². The van der Waals surface area contributed by atoms with Crippen molar-refractivity contribution < 1.29 is 4.74 Å². The summed E-state index contributed by atoms with van der Waals surface area (Å²) in [5.41, 5.74) is 0. The average Bonchev–Trinajstić information content (AvgIpc) is 2.97. The Bertz CT molecular complexity index is 514. The summed E-state index contributed by atoms with van der Waals surface area (Å²) in [6.07, 6.45) is 0.00675. The van der Waals surface area contributed by atoms with Gasteiger partial charge in [-0.1, -0.05) is 17.9 Å². The summed E-state index contributed by atoms with van der Waals surface area (Å²) in [5.74, 6) is 6.26. The van der Waals surface area contributed by atoms with Crippen LogP contribution in [0.25, 0.3) is 9.75 Å². The molecule has 0 fully saturated rings. The molecular formula is C14H14OS2. The lowest BCUT2D eigenvalue weighted by atomic mass is 10.3. The van der Waals surface area contributed by atoms with Crippen molar-refractivity contribution in [1.29, 1.82) is 0 Å². The zero-order valence-corrected chi connectivity index (χ0v) is 11.5. The predicted octanol–water partition coefficient (Wildman–Crippen LogP) is 4.25. The van der Waals surface area contributed by atoms with Crippen molar-refractivity contribution in [2.45, 2.75) is 20.0 Å². The van der Waals surface area contributed by atoms with Gasteiger partial charge in [-0.3, -0.25) is 0 Å². The molecule has 0 bridgehead atoms. The van der Waals surface area contributed by atoms with E-state index in [0.29, 0.717) is 6.61 Å². The van der Waals surface area contributed by atoms with E-state index in [2.05, 4.69) is 41.5 Å². The van der Waals surface area contributed by atoms with Crippen molar-refractivity contribution in [2.24, 2.45) is 0 Å². The summed E-state index contributed by atoms with van der Waals surface area (Å²) in [5, 5.41) is 2.09. The van der Waals surface area contributed by atoms with E-state index in [1.54, 1.807) is 22.7 Å². The second kappa shape index (κ2) is 6.02. The average molecular weight is 262 g/mol. The molecule has 0 saturated heterocycles. The Morgan fingerprint density at radius 3 is 2.88 bits per heavy atom. The van der Waals surface area contributed by atoms with Crippen LogP contribution in [0.2, 0.25) is 0 Å². The highest BCUT2D eigenvalue weighted by molar-refractivity contribution is 7.21. The molecule has 0 radical (unpaired) electrons. The number of hydrogen-bond acceptors (Lipinski definition) is 3. The van der Waals surface area contributed by atoms with Gasteiger partial charge in [-0.15, -0.1) is 22.7 Å². The molecule has 0 amide bonds. The Morgan fingerprint density at radius 2 is 2.18 bits per heavy atom. The van der Waals surface area contributed by atoms with Gasteiger partial charge in [0, 0.05) is 16.4 Å². The molecule has 0 N–H and O–H groups in total. The molecule has 0 aliphatic heterocycles. The second-order valence-corrected chi connectivity index (χ2v) is 5.54. The van der Waals surface area contributed by atoms with Gasteiger partial charge < -0.3 is 4.74 Å². The molecule has 0 aromatic carbocycles. The summed E-state index contributed by atoms with van der Waals surface area (Å²) in [4.78, 5) is 3.69. The summed E-state index contributed by atoms with van der Waals surface area (Å²) in [6, 6.07) is 8.41. The van der Waals surface area contributed by atoms with Crippen LogP contribution in [0.5, 0.6) is 0 Å². The maximum absolute atomic E-state index is 5.38. The zero-order chi connectivity index (χ0) is 12.1. The second-order valence-electron chi connectivity index (χ2n) is 3.51. The molecule has 0 spiro atoms. The van der Waals surface area contributed by atoms with Gasteiger partial charge in [0.15, 0.2) is 0 Å². The summed E-state index contributed by atoms with van der Waals surface area (Å²) < 4.78 is 5.38.